The van der Waals surface area contributed by atoms with E-state index in [1.165, 1.54) is 18.2 Å². The van der Waals surface area contributed by atoms with Gasteiger partial charge in [0, 0.05) is 23.8 Å². The lowest BCUT2D eigenvalue weighted by Gasteiger charge is -2.08. The zero-order valence-electron chi connectivity index (χ0n) is 9.32. The van der Waals surface area contributed by atoms with Crippen LogP contribution in [0.1, 0.15) is 13.8 Å². The van der Waals surface area contributed by atoms with E-state index >= 15 is 0 Å². The van der Waals surface area contributed by atoms with Gasteiger partial charge in [-0.15, -0.1) is 0 Å². The Morgan fingerprint density at radius 3 is 2.56 bits per heavy atom. The average Bonchev–Trinajstić information content (AvgIpc) is 2.16. The minimum absolute atomic E-state index is 0.0181. The Morgan fingerprint density at radius 1 is 1.38 bits per heavy atom. The highest BCUT2D eigenvalue weighted by atomic mass is 16.5. The van der Waals surface area contributed by atoms with Gasteiger partial charge in [-0.2, -0.15) is 0 Å². The second-order valence-electron chi connectivity index (χ2n) is 3.27. The number of carbonyl (C=O) groups is 1. The highest BCUT2D eigenvalue weighted by Gasteiger charge is 2.08. The monoisotopic (exact) mass is 222 g/mol. The molecule has 0 fully saturated rings. The molecule has 0 aromatic heterocycles. The second-order valence-corrected chi connectivity index (χ2v) is 3.27. The maximum absolute atomic E-state index is 11.2. The number of aromatic hydroxyl groups is 1. The van der Waals surface area contributed by atoms with Crippen LogP contribution in [0.5, 0.6) is 17.2 Å². The summed E-state index contributed by atoms with van der Waals surface area (Å²) in [6, 6.07) is 4.31. The predicted molar refractivity (Wildman–Crippen MR) is 59.7 cm³/mol. The van der Waals surface area contributed by atoms with Gasteiger partial charge in [0.2, 0.25) is 0 Å². The fraction of sp³-hybridized carbons (Fsp3) is 0.250. The van der Waals surface area contributed by atoms with Gasteiger partial charge in [0.15, 0.2) is 0 Å². The van der Waals surface area contributed by atoms with Crippen LogP contribution in [-0.2, 0) is 4.79 Å². The molecule has 4 heteroatoms. The number of phenols is 1. The van der Waals surface area contributed by atoms with Crippen molar-refractivity contribution >= 4 is 5.97 Å². The molecule has 0 aliphatic rings. The Bertz CT molecular complexity index is 409. The Labute approximate surface area is 94.1 Å². The molecule has 0 aliphatic heterocycles. The molecule has 86 valence electrons. The molecule has 16 heavy (non-hydrogen) atoms. The van der Waals surface area contributed by atoms with Crippen LogP contribution in [0.25, 0.3) is 0 Å². The molecular weight excluding hydrogens is 208 g/mol. The van der Waals surface area contributed by atoms with E-state index in [0.29, 0.717) is 17.9 Å². The fourth-order valence-electron chi connectivity index (χ4n) is 1.06. The third-order valence-electron chi connectivity index (χ3n) is 1.73. The van der Waals surface area contributed by atoms with Crippen LogP contribution in [0.2, 0.25) is 0 Å². The van der Waals surface area contributed by atoms with Crippen LogP contribution in [0, 0.1) is 0 Å². The quantitative estimate of drug-likeness (QED) is 0.482. The van der Waals surface area contributed by atoms with Crippen molar-refractivity contribution in [2.75, 3.05) is 6.61 Å². The molecule has 0 bridgehead atoms. The molecule has 0 unspecified atom stereocenters. The van der Waals surface area contributed by atoms with E-state index in [1.807, 2.05) is 6.92 Å². The van der Waals surface area contributed by atoms with Gasteiger partial charge in [-0.3, -0.25) is 0 Å². The normalized spacial score (nSPS) is 9.62. The smallest absolute Gasteiger partial charge is 0.338 e. The van der Waals surface area contributed by atoms with Crippen molar-refractivity contribution < 1.29 is 19.4 Å². The maximum Gasteiger partial charge on any atom is 0.338 e. The Morgan fingerprint density at radius 2 is 2.00 bits per heavy atom. The number of ether oxygens (including phenoxy) is 2. The molecule has 0 atom stereocenters. The molecule has 4 nitrogen and oxygen atoms in total. The number of benzene rings is 1. The molecule has 1 aromatic rings. The maximum atomic E-state index is 11.2. The Balaban J connectivity index is 2.87. The number of rotatable bonds is 4. The molecule has 0 heterocycles. The lowest BCUT2D eigenvalue weighted by atomic mass is 10.3. The van der Waals surface area contributed by atoms with E-state index in [9.17, 15) is 9.90 Å². The first-order chi connectivity index (χ1) is 7.52. The number of hydrogen-bond acceptors (Lipinski definition) is 4. The van der Waals surface area contributed by atoms with E-state index in [2.05, 4.69) is 6.58 Å². The molecule has 0 spiro atoms. The van der Waals surface area contributed by atoms with Gasteiger partial charge in [-0.1, -0.05) is 6.58 Å². The van der Waals surface area contributed by atoms with Crippen molar-refractivity contribution in [1.82, 2.24) is 0 Å². The van der Waals surface area contributed by atoms with Crippen molar-refractivity contribution in [2.24, 2.45) is 0 Å². The third kappa shape index (κ3) is 3.31. The summed E-state index contributed by atoms with van der Waals surface area (Å²) in [5, 5.41) is 9.38. The van der Waals surface area contributed by atoms with Crippen LogP contribution in [-0.4, -0.2) is 17.7 Å². The predicted octanol–water partition coefficient (Wildman–Crippen LogP) is 2.27. The van der Waals surface area contributed by atoms with E-state index in [-0.39, 0.29) is 11.5 Å². The minimum Gasteiger partial charge on any atom is -0.508 e. The third-order valence-corrected chi connectivity index (χ3v) is 1.73. The molecule has 1 aromatic carbocycles. The highest BCUT2D eigenvalue weighted by Crippen LogP contribution is 2.27. The Kier molecular flexibility index (Phi) is 3.94. The first-order valence-electron chi connectivity index (χ1n) is 4.87. The van der Waals surface area contributed by atoms with Crippen LogP contribution < -0.4 is 9.47 Å². The van der Waals surface area contributed by atoms with E-state index < -0.39 is 5.97 Å². The SMILES string of the molecule is C=C(C)C(=O)Oc1cc(O)cc(OCC)c1. The fourth-order valence-corrected chi connectivity index (χ4v) is 1.06. The summed E-state index contributed by atoms with van der Waals surface area (Å²) < 4.78 is 10.2. The number of carbonyl (C=O) groups excluding carboxylic acids is 1. The van der Waals surface area contributed by atoms with Gasteiger partial charge < -0.3 is 14.6 Å². The lowest BCUT2D eigenvalue weighted by Crippen LogP contribution is -2.08. The van der Waals surface area contributed by atoms with Crippen molar-refractivity contribution in [1.29, 1.82) is 0 Å². The molecule has 0 aliphatic carbocycles. The number of hydrogen-bond donors (Lipinski definition) is 1. The van der Waals surface area contributed by atoms with Gasteiger partial charge in [-0.05, 0) is 13.8 Å². The molecule has 0 saturated heterocycles. The summed E-state index contributed by atoms with van der Waals surface area (Å²) in [6.07, 6.45) is 0. The first kappa shape index (κ1) is 12.1. The summed E-state index contributed by atoms with van der Waals surface area (Å²) in [5.41, 5.74) is 0.293. The molecular formula is C12H14O4. The number of phenolic OH excluding ortho intramolecular Hbond substituents is 1. The highest BCUT2D eigenvalue weighted by molar-refractivity contribution is 5.88. The first-order valence-corrected chi connectivity index (χ1v) is 4.87. The van der Waals surface area contributed by atoms with E-state index in [0.717, 1.165) is 0 Å². The van der Waals surface area contributed by atoms with Crippen LogP contribution in [0.15, 0.2) is 30.4 Å². The molecule has 0 saturated carbocycles. The topological polar surface area (TPSA) is 55.8 Å². The standard InChI is InChI=1S/C12H14O4/c1-4-15-10-5-9(13)6-11(7-10)16-12(14)8(2)3/h5-7,13H,2,4H2,1,3H3. The van der Waals surface area contributed by atoms with Crippen molar-refractivity contribution in [3.63, 3.8) is 0 Å². The summed E-state index contributed by atoms with van der Waals surface area (Å²) >= 11 is 0. The zero-order valence-corrected chi connectivity index (χ0v) is 9.32. The van der Waals surface area contributed by atoms with Gasteiger partial charge in [0.05, 0.1) is 6.61 Å². The van der Waals surface area contributed by atoms with Crippen LogP contribution in [0.4, 0.5) is 0 Å². The summed E-state index contributed by atoms with van der Waals surface area (Å²) in [7, 11) is 0. The zero-order chi connectivity index (χ0) is 12.1. The van der Waals surface area contributed by atoms with Crippen molar-refractivity contribution in [2.45, 2.75) is 13.8 Å². The van der Waals surface area contributed by atoms with Crippen LogP contribution >= 0.6 is 0 Å². The van der Waals surface area contributed by atoms with Crippen LogP contribution in [0.3, 0.4) is 0 Å². The minimum atomic E-state index is -0.534. The summed E-state index contributed by atoms with van der Waals surface area (Å²) in [6.45, 7) is 7.31. The van der Waals surface area contributed by atoms with Gasteiger partial charge in [0.25, 0.3) is 0 Å². The molecule has 0 radical (unpaired) electrons. The Hall–Kier alpha value is -1.97. The summed E-state index contributed by atoms with van der Waals surface area (Å²) in [4.78, 5) is 11.2. The lowest BCUT2D eigenvalue weighted by molar-refractivity contribution is -0.130. The average molecular weight is 222 g/mol. The van der Waals surface area contributed by atoms with E-state index in [1.54, 1.807) is 6.92 Å². The van der Waals surface area contributed by atoms with Crippen molar-refractivity contribution in [3.05, 3.63) is 30.4 Å². The van der Waals surface area contributed by atoms with E-state index in [4.69, 9.17) is 9.47 Å². The second kappa shape index (κ2) is 5.21. The molecule has 1 N–H and O–H groups in total. The largest absolute Gasteiger partial charge is 0.508 e. The molecule has 1 rings (SSSR count). The van der Waals surface area contributed by atoms with Gasteiger partial charge >= 0.3 is 5.97 Å². The number of esters is 1. The van der Waals surface area contributed by atoms with Crippen molar-refractivity contribution in [3.8, 4) is 17.2 Å². The van der Waals surface area contributed by atoms with Gasteiger partial charge in [-0.25, -0.2) is 4.79 Å². The summed E-state index contributed by atoms with van der Waals surface area (Å²) in [5.74, 6) is 0.131. The van der Waals surface area contributed by atoms with Gasteiger partial charge in [0.1, 0.15) is 17.2 Å². The molecule has 0 amide bonds.